The molecule has 1 amide bonds. The Kier molecular flexibility index (Phi) is 5.86. The summed E-state index contributed by atoms with van der Waals surface area (Å²) in [6.07, 6.45) is 2.40. The Balaban J connectivity index is 1.84. The number of nitrogens with one attached hydrogen (secondary N) is 1. The van der Waals surface area contributed by atoms with E-state index in [2.05, 4.69) is 5.32 Å². The highest BCUT2D eigenvalue weighted by molar-refractivity contribution is 5.68. The van der Waals surface area contributed by atoms with Gasteiger partial charge in [0.25, 0.3) is 0 Å². The summed E-state index contributed by atoms with van der Waals surface area (Å²) >= 11 is 0. The van der Waals surface area contributed by atoms with Gasteiger partial charge in [-0.15, -0.1) is 0 Å². The number of carbonyl (C=O) groups excluding carboxylic acids is 1. The van der Waals surface area contributed by atoms with E-state index in [1.807, 2.05) is 30.3 Å². The number of hydrogen-bond donors (Lipinski definition) is 1. The van der Waals surface area contributed by atoms with Gasteiger partial charge in [0.1, 0.15) is 18.2 Å². The van der Waals surface area contributed by atoms with Crippen LogP contribution in [0.3, 0.4) is 0 Å². The summed E-state index contributed by atoms with van der Waals surface area (Å²) in [5.41, 5.74) is 1.00. The lowest BCUT2D eigenvalue weighted by Crippen LogP contribution is -2.31. The Morgan fingerprint density at radius 2 is 1.96 bits per heavy atom. The molecule has 0 saturated carbocycles. The lowest BCUT2D eigenvalue weighted by atomic mass is 10.1. The maximum absolute atomic E-state index is 13.5. The molecule has 0 unspecified atom stereocenters. The third kappa shape index (κ3) is 5.54. The zero-order valence-corrected chi connectivity index (χ0v) is 12.6. The second-order valence-electron chi connectivity index (χ2n) is 5.02. The predicted octanol–water partition coefficient (Wildman–Crippen LogP) is 4.29. The molecule has 120 valence electrons. The van der Waals surface area contributed by atoms with Crippen molar-refractivity contribution in [2.75, 3.05) is 0 Å². The molecule has 0 saturated heterocycles. The van der Waals surface area contributed by atoms with Crippen LogP contribution in [0.4, 0.5) is 13.6 Å². The number of rotatable bonds is 5. The molecule has 0 aromatic heterocycles. The molecule has 0 spiro atoms. The Morgan fingerprint density at radius 3 is 2.70 bits per heavy atom. The number of ether oxygens (including phenoxy) is 1. The molecule has 0 fully saturated rings. The molecule has 2 rings (SSSR count). The lowest BCUT2D eigenvalue weighted by molar-refractivity contribution is 0.138. The zero-order valence-electron chi connectivity index (χ0n) is 12.6. The molecule has 0 aliphatic heterocycles. The van der Waals surface area contributed by atoms with Gasteiger partial charge in [0.2, 0.25) is 0 Å². The van der Waals surface area contributed by atoms with Crippen molar-refractivity contribution >= 4 is 12.2 Å². The first-order valence-electron chi connectivity index (χ1n) is 7.15. The maximum Gasteiger partial charge on any atom is 0.407 e. The third-order valence-corrected chi connectivity index (χ3v) is 3.08. The van der Waals surface area contributed by atoms with E-state index < -0.39 is 17.7 Å². The number of hydrogen-bond acceptors (Lipinski definition) is 2. The summed E-state index contributed by atoms with van der Waals surface area (Å²) in [4.78, 5) is 11.7. The van der Waals surface area contributed by atoms with E-state index >= 15 is 0 Å². The minimum absolute atomic E-state index is 0.122. The average molecular weight is 317 g/mol. The van der Waals surface area contributed by atoms with E-state index in [0.717, 1.165) is 23.8 Å². The van der Waals surface area contributed by atoms with E-state index in [1.165, 1.54) is 6.08 Å². The molecule has 0 aliphatic carbocycles. The largest absolute Gasteiger partial charge is 0.445 e. The first kappa shape index (κ1) is 16.7. The fourth-order valence-electron chi connectivity index (χ4n) is 1.89. The van der Waals surface area contributed by atoms with Gasteiger partial charge in [0, 0.05) is 11.6 Å². The zero-order chi connectivity index (χ0) is 16.7. The van der Waals surface area contributed by atoms with Crippen LogP contribution >= 0.6 is 0 Å². The minimum atomic E-state index is -0.578. The van der Waals surface area contributed by atoms with Crippen LogP contribution in [0, 0.1) is 11.6 Å². The Hall–Kier alpha value is -2.69. The van der Waals surface area contributed by atoms with Gasteiger partial charge in [-0.05, 0) is 30.7 Å². The molecular weight excluding hydrogens is 300 g/mol. The highest BCUT2D eigenvalue weighted by atomic mass is 19.1. The SMILES string of the molecule is C[C@H](C=Cc1cc(F)ccc1F)NC(=O)OCc1ccccc1. The van der Waals surface area contributed by atoms with Gasteiger partial charge >= 0.3 is 6.09 Å². The molecule has 23 heavy (non-hydrogen) atoms. The van der Waals surface area contributed by atoms with E-state index in [1.54, 1.807) is 13.0 Å². The molecule has 5 heteroatoms. The summed E-state index contributed by atoms with van der Waals surface area (Å²) in [6.45, 7) is 1.87. The van der Waals surface area contributed by atoms with E-state index in [4.69, 9.17) is 4.74 Å². The molecule has 0 heterocycles. The van der Waals surface area contributed by atoms with Crippen LogP contribution in [0.15, 0.2) is 54.6 Å². The van der Waals surface area contributed by atoms with Crippen LogP contribution in [0.1, 0.15) is 18.1 Å². The second-order valence-corrected chi connectivity index (χ2v) is 5.02. The monoisotopic (exact) mass is 317 g/mol. The van der Waals surface area contributed by atoms with Crippen LogP contribution in [0.5, 0.6) is 0 Å². The first-order valence-corrected chi connectivity index (χ1v) is 7.15. The normalized spacial score (nSPS) is 12.1. The predicted molar refractivity (Wildman–Crippen MR) is 84.6 cm³/mol. The van der Waals surface area contributed by atoms with Gasteiger partial charge in [-0.3, -0.25) is 0 Å². The van der Waals surface area contributed by atoms with Gasteiger partial charge in [-0.2, -0.15) is 0 Å². The van der Waals surface area contributed by atoms with Crippen LogP contribution in [-0.4, -0.2) is 12.1 Å². The van der Waals surface area contributed by atoms with Crippen molar-refractivity contribution in [3.05, 3.63) is 77.4 Å². The van der Waals surface area contributed by atoms with Gasteiger partial charge in [0.15, 0.2) is 0 Å². The van der Waals surface area contributed by atoms with Crippen LogP contribution < -0.4 is 5.32 Å². The van der Waals surface area contributed by atoms with Gasteiger partial charge < -0.3 is 10.1 Å². The Bertz CT molecular complexity index is 687. The Labute approximate surface area is 133 Å². The molecule has 3 nitrogen and oxygen atoms in total. The molecular formula is C18H17F2NO2. The number of amides is 1. The molecule has 1 atom stereocenters. The summed E-state index contributed by atoms with van der Waals surface area (Å²) in [5.74, 6) is -1.05. The highest BCUT2D eigenvalue weighted by Crippen LogP contribution is 2.11. The van der Waals surface area contributed by atoms with Crippen molar-refractivity contribution in [1.82, 2.24) is 5.32 Å². The van der Waals surface area contributed by atoms with Crippen LogP contribution in [-0.2, 0) is 11.3 Å². The number of alkyl carbamates (subject to hydrolysis) is 1. The van der Waals surface area contributed by atoms with E-state index in [-0.39, 0.29) is 18.2 Å². The molecule has 2 aromatic rings. The van der Waals surface area contributed by atoms with Gasteiger partial charge in [-0.1, -0.05) is 42.5 Å². The van der Waals surface area contributed by atoms with Crippen molar-refractivity contribution in [3.8, 4) is 0 Å². The van der Waals surface area contributed by atoms with Gasteiger partial charge in [0.05, 0.1) is 0 Å². The van der Waals surface area contributed by atoms with Crippen molar-refractivity contribution in [1.29, 1.82) is 0 Å². The smallest absolute Gasteiger partial charge is 0.407 e. The third-order valence-electron chi connectivity index (χ3n) is 3.08. The molecule has 1 N–H and O–H groups in total. The second kappa shape index (κ2) is 8.08. The molecule has 2 aromatic carbocycles. The molecule has 0 aliphatic rings. The van der Waals surface area contributed by atoms with E-state index in [0.29, 0.717) is 0 Å². The number of halogens is 2. The lowest BCUT2D eigenvalue weighted by Gasteiger charge is -2.10. The van der Waals surface area contributed by atoms with Crippen LogP contribution in [0.2, 0.25) is 0 Å². The average Bonchev–Trinajstić information content (AvgIpc) is 2.55. The number of benzene rings is 2. The Morgan fingerprint density at radius 1 is 1.22 bits per heavy atom. The fourth-order valence-corrected chi connectivity index (χ4v) is 1.89. The van der Waals surface area contributed by atoms with E-state index in [9.17, 15) is 13.6 Å². The quantitative estimate of drug-likeness (QED) is 0.893. The molecule has 0 radical (unpaired) electrons. The first-order chi connectivity index (χ1) is 11.0. The summed E-state index contributed by atoms with van der Waals surface area (Å²) in [6, 6.07) is 12.1. The standard InChI is InChI=1S/C18H17F2NO2/c1-13(7-8-15-11-16(19)9-10-17(15)20)21-18(22)23-12-14-5-3-2-4-6-14/h2-11,13H,12H2,1H3,(H,21,22)/t13-/m1/s1. The summed E-state index contributed by atoms with van der Waals surface area (Å²) in [7, 11) is 0. The van der Waals surface area contributed by atoms with Crippen molar-refractivity contribution in [2.45, 2.75) is 19.6 Å². The topological polar surface area (TPSA) is 38.3 Å². The minimum Gasteiger partial charge on any atom is -0.445 e. The summed E-state index contributed by atoms with van der Waals surface area (Å²) in [5, 5.41) is 2.59. The summed E-state index contributed by atoms with van der Waals surface area (Å²) < 4.78 is 31.6. The fraction of sp³-hybridized carbons (Fsp3) is 0.167. The van der Waals surface area contributed by atoms with Gasteiger partial charge in [-0.25, -0.2) is 13.6 Å². The van der Waals surface area contributed by atoms with Crippen LogP contribution in [0.25, 0.3) is 6.08 Å². The number of carbonyl (C=O) groups is 1. The van der Waals surface area contributed by atoms with Crippen molar-refractivity contribution < 1.29 is 18.3 Å². The van der Waals surface area contributed by atoms with Crippen molar-refractivity contribution in [3.63, 3.8) is 0 Å². The highest BCUT2D eigenvalue weighted by Gasteiger charge is 2.06. The maximum atomic E-state index is 13.5. The van der Waals surface area contributed by atoms with Crippen molar-refractivity contribution in [2.24, 2.45) is 0 Å². The molecule has 0 bridgehead atoms.